The number of benzene rings is 1. The molecule has 13 nitrogen and oxygen atoms in total. The second-order valence-electron chi connectivity index (χ2n) is 8.41. The fraction of sp³-hybridized carbons (Fsp3) is 0.550. The van der Waals surface area contributed by atoms with Crippen molar-refractivity contribution in [2.24, 2.45) is 4.99 Å². The van der Waals surface area contributed by atoms with Crippen LogP contribution in [0.15, 0.2) is 29.3 Å². The quantitative estimate of drug-likeness (QED) is 0.176. The molecule has 2 aliphatic heterocycles. The fourth-order valence-corrected chi connectivity index (χ4v) is 3.85. The standard InChI is InChI=1S/C19H25N5O5S.CHF3O3S/c1-21(2)17-11-22(8-7-20-17)18(25)16-9-15(30)10-23(16)19(26)29-12-13-3-5-14(6-4-13)24(27)28;2-1(3,4)8(5,6)7/h3-6,15-16,30H,7-12H2,1-2H3;(H,5,6,7)/t15-,16-;/m0./s1. The molecule has 1 aromatic rings. The second-order valence-corrected chi connectivity index (χ2v) is 10.6. The van der Waals surface area contributed by atoms with Crippen LogP contribution in [-0.4, -0.2) is 108 Å². The number of alkyl halides is 3. The topological polar surface area (TPSA) is 163 Å². The molecule has 3 rings (SSSR count). The van der Waals surface area contributed by atoms with Gasteiger partial charge in [-0.25, -0.2) is 4.79 Å². The number of nitro benzene ring substituents is 1. The summed E-state index contributed by atoms with van der Waals surface area (Å²) in [5.74, 6) is 0.690. The first-order chi connectivity index (χ1) is 17.5. The maximum Gasteiger partial charge on any atom is 0.522 e. The number of hydrogen-bond donors (Lipinski definition) is 2. The number of nitro groups is 1. The van der Waals surface area contributed by atoms with Gasteiger partial charge in [-0.2, -0.15) is 34.2 Å². The first kappa shape index (κ1) is 31.1. The number of carbonyl (C=O) groups excluding carboxylic acids is 2. The van der Waals surface area contributed by atoms with Crippen molar-refractivity contribution in [1.29, 1.82) is 0 Å². The monoisotopic (exact) mass is 585 g/mol. The van der Waals surface area contributed by atoms with Crippen LogP contribution in [0.3, 0.4) is 0 Å². The van der Waals surface area contributed by atoms with Gasteiger partial charge < -0.3 is 14.5 Å². The van der Waals surface area contributed by atoms with Gasteiger partial charge in [0.05, 0.1) is 18.0 Å². The molecule has 0 spiro atoms. The van der Waals surface area contributed by atoms with E-state index in [0.29, 0.717) is 38.2 Å². The lowest BCUT2D eigenvalue weighted by Crippen LogP contribution is -2.52. The Morgan fingerprint density at radius 2 is 1.87 bits per heavy atom. The summed E-state index contributed by atoms with van der Waals surface area (Å²) in [6.45, 7) is 1.73. The number of non-ortho nitro benzene ring substituents is 1. The molecule has 0 aromatic heterocycles. The Morgan fingerprint density at radius 1 is 1.29 bits per heavy atom. The lowest BCUT2D eigenvalue weighted by molar-refractivity contribution is -0.384. The third-order valence-electron chi connectivity index (χ3n) is 5.42. The van der Waals surface area contributed by atoms with Crippen molar-refractivity contribution in [3.05, 3.63) is 39.9 Å². The van der Waals surface area contributed by atoms with E-state index >= 15 is 0 Å². The van der Waals surface area contributed by atoms with Crippen LogP contribution in [0.4, 0.5) is 23.7 Å². The number of likely N-dealkylation sites (tertiary alicyclic amines) is 1. The summed E-state index contributed by atoms with van der Waals surface area (Å²) in [5, 5.41) is 10.6. The molecule has 1 aromatic carbocycles. The van der Waals surface area contributed by atoms with E-state index in [0.717, 1.165) is 5.84 Å². The van der Waals surface area contributed by atoms with Gasteiger partial charge in [0.1, 0.15) is 18.5 Å². The van der Waals surface area contributed by atoms with Crippen LogP contribution in [-0.2, 0) is 26.3 Å². The molecule has 2 aliphatic rings. The molecule has 0 saturated carbocycles. The molecule has 0 aliphatic carbocycles. The molecule has 2 amide bonds. The highest BCUT2D eigenvalue weighted by molar-refractivity contribution is 7.86. The highest BCUT2D eigenvalue weighted by atomic mass is 32.2. The molecule has 0 unspecified atom stereocenters. The van der Waals surface area contributed by atoms with Crippen molar-refractivity contribution in [3.8, 4) is 0 Å². The predicted octanol–water partition coefficient (Wildman–Crippen LogP) is 1.80. The number of halogens is 3. The minimum atomic E-state index is -5.84. The molecule has 1 saturated heterocycles. The molecule has 2 atom stereocenters. The highest BCUT2D eigenvalue weighted by Crippen LogP contribution is 2.25. The number of amidine groups is 1. The maximum absolute atomic E-state index is 13.1. The Kier molecular flexibility index (Phi) is 10.3. The fourth-order valence-electron chi connectivity index (χ4n) is 3.47. The number of amides is 2. The number of rotatable bonds is 4. The van der Waals surface area contributed by atoms with E-state index in [1.807, 2.05) is 19.0 Å². The van der Waals surface area contributed by atoms with Crippen LogP contribution in [0, 0.1) is 10.1 Å². The number of ether oxygens (including phenoxy) is 1. The Hall–Kier alpha value is -3.12. The molecular formula is C20H26F3N5O8S2. The van der Waals surface area contributed by atoms with Gasteiger partial charge in [0.25, 0.3) is 5.69 Å². The van der Waals surface area contributed by atoms with E-state index in [-0.39, 0.29) is 23.5 Å². The van der Waals surface area contributed by atoms with Crippen molar-refractivity contribution in [2.45, 2.75) is 29.8 Å². The number of likely N-dealkylation sites (N-methyl/N-ethyl adjacent to an activating group) is 1. The summed E-state index contributed by atoms with van der Waals surface area (Å²) < 4.78 is 62.9. The summed E-state index contributed by atoms with van der Waals surface area (Å²) in [6, 6.07) is 5.16. The van der Waals surface area contributed by atoms with Crippen LogP contribution in [0.2, 0.25) is 0 Å². The molecule has 0 bridgehead atoms. The SMILES string of the molecule is CN(C)C1=NCCN(C(=O)[C@@H]2C[C@H](S)CN2C(=O)OCc2ccc([N+](=O)[O-])cc2)C1.O=S(=O)(O)C(F)(F)F. The van der Waals surface area contributed by atoms with Gasteiger partial charge in [-0.15, -0.1) is 0 Å². The molecular weight excluding hydrogens is 559 g/mol. The number of aliphatic imine (C=N–C) groups is 1. The van der Waals surface area contributed by atoms with Gasteiger partial charge in [-0.05, 0) is 24.1 Å². The molecule has 1 fully saturated rings. The van der Waals surface area contributed by atoms with Gasteiger partial charge in [0, 0.05) is 44.6 Å². The van der Waals surface area contributed by atoms with Crippen LogP contribution in [0.1, 0.15) is 12.0 Å². The largest absolute Gasteiger partial charge is 0.522 e. The minimum Gasteiger partial charge on any atom is -0.445 e. The van der Waals surface area contributed by atoms with Crippen LogP contribution in [0.25, 0.3) is 0 Å². The molecule has 0 radical (unpaired) electrons. The Bertz CT molecular complexity index is 1160. The van der Waals surface area contributed by atoms with Crippen molar-refractivity contribution >= 4 is 46.3 Å². The summed E-state index contributed by atoms with van der Waals surface area (Å²) in [7, 11) is -2.07. The summed E-state index contributed by atoms with van der Waals surface area (Å²) in [5.41, 5.74) is -4.94. The maximum atomic E-state index is 13.1. The first-order valence-electron chi connectivity index (χ1n) is 10.9. The summed E-state index contributed by atoms with van der Waals surface area (Å²) >= 11 is 4.47. The molecule has 1 N–H and O–H groups in total. The van der Waals surface area contributed by atoms with E-state index in [1.165, 1.54) is 29.2 Å². The first-order valence-corrected chi connectivity index (χ1v) is 12.8. The van der Waals surface area contributed by atoms with Crippen molar-refractivity contribution < 1.29 is 45.4 Å². The Balaban J connectivity index is 0.000000550. The third kappa shape index (κ3) is 8.45. The average molecular weight is 586 g/mol. The van der Waals surface area contributed by atoms with Crippen molar-refractivity contribution in [2.75, 3.05) is 40.3 Å². The highest BCUT2D eigenvalue weighted by Gasteiger charge is 2.44. The number of carbonyl (C=O) groups is 2. The van der Waals surface area contributed by atoms with Gasteiger partial charge in [0.15, 0.2) is 0 Å². The van der Waals surface area contributed by atoms with Crippen LogP contribution < -0.4 is 0 Å². The van der Waals surface area contributed by atoms with Crippen LogP contribution in [0.5, 0.6) is 0 Å². The Labute approximate surface area is 221 Å². The number of nitrogens with zero attached hydrogens (tertiary/aromatic N) is 5. The van der Waals surface area contributed by atoms with Gasteiger partial charge in [-0.1, -0.05) is 0 Å². The van der Waals surface area contributed by atoms with Gasteiger partial charge in [0.2, 0.25) is 5.91 Å². The third-order valence-corrected chi connectivity index (χ3v) is 6.38. The van der Waals surface area contributed by atoms with E-state index < -0.39 is 32.7 Å². The zero-order valence-corrected chi connectivity index (χ0v) is 21.9. The zero-order chi connectivity index (χ0) is 28.8. The molecule has 2 heterocycles. The second kappa shape index (κ2) is 12.6. The van der Waals surface area contributed by atoms with Crippen molar-refractivity contribution in [1.82, 2.24) is 14.7 Å². The molecule has 18 heteroatoms. The smallest absolute Gasteiger partial charge is 0.445 e. The molecule has 212 valence electrons. The van der Waals surface area contributed by atoms with Gasteiger partial charge in [-0.3, -0.25) is 29.4 Å². The van der Waals surface area contributed by atoms with Crippen LogP contribution >= 0.6 is 12.6 Å². The lowest BCUT2D eigenvalue weighted by atomic mass is 10.1. The summed E-state index contributed by atoms with van der Waals surface area (Å²) in [4.78, 5) is 45.5. The molecule has 38 heavy (non-hydrogen) atoms. The minimum absolute atomic E-state index is 0.0321. The van der Waals surface area contributed by atoms with Gasteiger partial charge >= 0.3 is 21.7 Å². The lowest BCUT2D eigenvalue weighted by Gasteiger charge is -2.33. The van der Waals surface area contributed by atoms with E-state index in [9.17, 15) is 32.9 Å². The number of hydrogen-bond acceptors (Lipinski definition) is 10. The predicted molar refractivity (Wildman–Crippen MR) is 131 cm³/mol. The Morgan fingerprint density at radius 3 is 2.37 bits per heavy atom. The number of thiol groups is 1. The van der Waals surface area contributed by atoms with Crippen molar-refractivity contribution in [3.63, 3.8) is 0 Å². The summed E-state index contributed by atoms with van der Waals surface area (Å²) in [6.07, 6.45) is -0.138. The van der Waals surface area contributed by atoms with E-state index in [4.69, 9.17) is 17.7 Å². The zero-order valence-electron chi connectivity index (χ0n) is 20.2. The normalized spacial score (nSPS) is 19.7. The van der Waals surface area contributed by atoms with E-state index in [2.05, 4.69) is 17.6 Å². The average Bonchev–Trinajstić information content (AvgIpc) is 3.23. The van der Waals surface area contributed by atoms with E-state index in [1.54, 1.807) is 4.90 Å².